The Morgan fingerprint density at radius 2 is 1.16 bits per heavy atom. The Kier molecular flexibility index (Phi) is 14.2. The third kappa shape index (κ3) is 11.2. The van der Waals surface area contributed by atoms with Crippen LogP contribution in [0, 0.1) is 20.2 Å². The maximum absolute atomic E-state index is 10.8. The van der Waals surface area contributed by atoms with E-state index in [1.54, 1.807) is 18.2 Å². The van der Waals surface area contributed by atoms with Gasteiger partial charge in [-0.2, -0.15) is 0 Å². The van der Waals surface area contributed by atoms with E-state index in [0.717, 1.165) is 84.3 Å². The van der Waals surface area contributed by atoms with Gasteiger partial charge in [0.05, 0.1) is 52.7 Å². The molecule has 56 heavy (non-hydrogen) atoms. The maximum atomic E-state index is 10.8. The van der Waals surface area contributed by atoms with Gasteiger partial charge in [0.2, 0.25) is 11.0 Å². The number of rotatable bonds is 4. The van der Waals surface area contributed by atoms with Crippen LogP contribution in [0.1, 0.15) is 19.3 Å². The molecule has 0 saturated carbocycles. The number of nitrogen functional groups attached to an aromatic ring is 1. The molecule has 6 aliphatic rings. The van der Waals surface area contributed by atoms with Gasteiger partial charge in [-0.05, 0) is 55.7 Å². The van der Waals surface area contributed by atoms with Crippen LogP contribution < -0.4 is 20.9 Å². The third-order valence-corrected chi connectivity index (χ3v) is 10.2. The maximum Gasteiger partial charge on any atom is 0.365 e. The summed E-state index contributed by atoms with van der Waals surface area (Å²) in [5.41, 5.74) is 5.35. The molecule has 304 valence electrons. The molecule has 0 bridgehead atoms. The molecular formula is C36H48ClN9O10. The molecule has 6 fully saturated rings. The number of ether oxygens (including phenoxy) is 6. The number of anilines is 3. The molecule has 6 aliphatic heterocycles. The van der Waals surface area contributed by atoms with Crippen molar-refractivity contribution in [3.63, 3.8) is 0 Å². The molecule has 3 aromatic rings. The molecule has 0 amide bonds. The van der Waals surface area contributed by atoms with Crippen LogP contribution in [-0.4, -0.2) is 140 Å². The van der Waals surface area contributed by atoms with Gasteiger partial charge in [-0.1, -0.05) is 6.07 Å². The highest BCUT2D eigenvalue weighted by Crippen LogP contribution is 2.31. The smallest absolute Gasteiger partial charge is 0.365 e. The lowest BCUT2D eigenvalue weighted by molar-refractivity contribution is -0.389. The van der Waals surface area contributed by atoms with Gasteiger partial charge in [-0.25, -0.2) is 4.98 Å². The first-order valence-electron chi connectivity index (χ1n) is 18.5. The van der Waals surface area contributed by atoms with Crippen molar-refractivity contribution >= 4 is 40.7 Å². The van der Waals surface area contributed by atoms with Crippen molar-refractivity contribution < 1.29 is 38.3 Å². The van der Waals surface area contributed by atoms with Crippen LogP contribution in [-0.2, 0) is 28.4 Å². The molecule has 0 aliphatic carbocycles. The molecule has 6 saturated heterocycles. The summed E-state index contributed by atoms with van der Waals surface area (Å²) in [6.07, 6.45) is 2.88. The number of hydrogen-bond acceptors (Lipinski definition) is 17. The fraction of sp³-hybridized carbons (Fsp3) is 0.583. The molecule has 0 aromatic carbocycles. The Balaban J connectivity index is 0.000000132. The van der Waals surface area contributed by atoms with E-state index in [1.807, 2.05) is 17.0 Å². The van der Waals surface area contributed by atoms with Crippen molar-refractivity contribution in [3.8, 4) is 0 Å². The van der Waals surface area contributed by atoms with Gasteiger partial charge in [-0.3, -0.25) is 0 Å². The predicted octanol–water partition coefficient (Wildman–Crippen LogP) is 3.05. The lowest BCUT2D eigenvalue weighted by atomic mass is 10.0. The Bertz CT molecular complexity index is 1750. The first kappa shape index (κ1) is 41.3. The summed E-state index contributed by atoms with van der Waals surface area (Å²) in [6.45, 7) is 11.6. The van der Waals surface area contributed by atoms with E-state index in [-0.39, 0.29) is 33.6 Å². The second-order valence-corrected chi connectivity index (χ2v) is 14.5. The van der Waals surface area contributed by atoms with E-state index in [9.17, 15) is 20.2 Å². The fourth-order valence-electron chi connectivity index (χ4n) is 7.09. The van der Waals surface area contributed by atoms with Gasteiger partial charge in [0.15, 0.2) is 0 Å². The Morgan fingerprint density at radius 3 is 1.62 bits per heavy atom. The molecule has 3 unspecified atom stereocenters. The van der Waals surface area contributed by atoms with Crippen molar-refractivity contribution in [3.05, 3.63) is 80.0 Å². The van der Waals surface area contributed by atoms with E-state index in [4.69, 9.17) is 45.8 Å². The van der Waals surface area contributed by atoms with Crippen molar-refractivity contribution in [2.45, 2.75) is 36.1 Å². The monoisotopic (exact) mass is 801 g/mol. The number of aromatic nitrogens is 3. The van der Waals surface area contributed by atoms with Gasteiger partial charge in [0.1, 0.15) is 28.4 Å². The normalized spacial score (nSPS) is 26.8. The number of pyridine rings is 3. The molecule has 19 nitrogen and oxygen atoms in total. The summed E-state index contributed by atoms with van der Waals surface area (Å²) >= 11 is 5.37. The number of nitrogens with zero attached hydrogens (tertiary/aromatic N) is 7. The van der Waals surface area contributed by atoms with Crippen molar-refractivity contribution in [1.29, 1.82) is 0 Å². The third-order valence-electron chi connectivity index (χ3n) is 10.0. The number of halogens is 1. The molecule has 3 spiro atoms. The number of nitrogens with two attached hydrogens (primary N) is 1. The van der Waals surface area contributed by atoms with Crippen molar-refractivity contribution in [2.75, 3.05) is 114 Å². The van der Waals surface area contributed by atoms with Crippen molar-refractivity contribution in [1.82, 2.24) is 20.3 Å². The first-order valence-corrected chi connectivity index (χ1v) is 18.9. The van der Waals surface area contributed by atoms with Gasteiger partial charge >= 0.3 is 11.6 Å². The highest BCUT2D eigenvalue weighted by atomic mass is 35.5. The molecule has 3 N–H and O–H groups in total. The van der Waals surface area contributed by atoms with E-state index in [1.165, 1.54) is 24.3 Å². The average Bonchev–Trinajstić information content (AvgIpc) is 3.99. The Hall–Kier alpha value is -4.34. The molecule has 3 aromatic heterocycles. The highest BCUT2D eigenvalue weighted by molar-refractivity contribution is 6.29. The molecule has 0 radical (unpaired) electrons. The van der Waals surface area contributed by atoms with Gasteiger partial charge in [-0.15, -0.1) is 0 Å². The average molecular weight is 802 g/mol. The first-order chi connectivity index (χ1) is 27.1. The quantitative estimate of drug-likeness (QED) is 0.220. The number of hydrogen-bond donors (Lipinski definition) is 2. The zero-order valence-electron chi connectivity index (χ0n) is 31.1. The van der Waals surface area contributed by atoms with E-state index < -0.39 is 9.85 Å². The largest absolute Gasteiger partial charge is 0.384 e. The standard InChI is InChI=1S/C12H15N3O4.C12H17N3O2.C7H13NO2.C5H3ClN2O2/c16-15(17)11-3-1-2-10(13-11)14-5-7-19-12(8-14)4-6-18-9-12;13-10-2-1-3-11(14-10)15-5-7-17-12(8-15)4-6-16-9-12;1-3-9-6-7(1)5-8-2-4-10-7;6-4-2-1-3-5(7-4)8(9)10/h1-3H,4-9H2;1-3H,4-9H2,(H2,13,14);8H,1-6H2;1-3H. The van der Waals surface area contributed by atoms with E-state index in [2.05, 4.69) is 25.2 Å². The topological polar surface area (TPSA) is 225 Å². The second-order valence-electron chi connectivity index (χ2n) is 14.1. The zero-order valence-corrected chi connectivity index (χ0v) is 31.8. The van der Waals surface area contributed by atoms with Crippen LogP contribution in [0.25, 0.3) is 0 Å². The predicted molar refractivity (Wildman–Crippen MR) is 205 cm³/mol. The molecule has 20 heteroatoms. The Labute approximate surface area is 329 Å². The van der Waals surface area contributed by atoms with E-state index >= 15 is 0 Å². The van der Waals surface area contributed by atoms with Crippen LogP contribution >= 0.6 is 11.6 Å². The SMILES string of the molecule is C1COC2(CCOC2)CN1.Nc1cccc(N2CCOC3(CCOC3)C2)n1.O=[N+]([O-])c1cccc(Cl)n1.O=[N+]([O-])c1cccc(N2CCOC3(CCOC3)C2)n1. The van der Waals surface area contributed by atoms with Crippen LogP contribution in [0.4, 0.5) is 29.1 Å². The van der Waals surface area contributed by atoms with Crippen LogP contribution in [0.3, 0.4) is 0 Å². The van der Waals surface area contributed by atoms with Crippen LogP contribution in [0.2, 0.25) is 5.15 Å². The number of nitro groups is 2. The summed E-state index contributed by atoms with van der Waals surface area (Å²) in [5, 5.41) is 24.2. The second kappa shape index (κ2) is 19.2. The minimum absolute atomic E-state index is 0.0399. The van der Waals surface area contributed by atoms with Gasteiger partial charge in [0.25, 0.3) is 0 Å². The van der Waals surface area contributed by atoms with Crippen LogP contribution in [0.15, 0.2) is 54.6 Å². The minimum Gasteiger partial charge on any atom is -0.384 e. The molecular weight excluding hydrogens is 754 g/mol. The highest BCUT2D eigenvalue weighted by Gasteiger charge is 2.42. The molecule has 9 heterocycles. The summed E-state index contributed by atoms with van der Waals surface area (Å²) in [6, 6.07) is 14.8. The van der Waals surface area contributed by atoms with Gasteiger partial charge in [0, 0.05) is 89.5 Å². The van der Waals surface area contributed by atoms with E-state index in [0.29, 0.717) is 51.2 Å². The Morgan fingerprint density at radius 1 is 0.661 bits per heavy atom. The molecule has 9 rings (SSSR count). The number of nitrogens with one attached hydrogen (secondary N) is 1. The summed E-state index contributed by atoms with van der Waals surface area (Å²) < 4.78 is 33.5. The zero-order chi connectivity index (χ0) is 39.4. The summed E-state index contributed by atoms with van der Waals surface area (Å²) in [5.74, 6) is 1.77. The van der Waals surface area contributed by atoms with Gasteiger partial charge < -0.3 is 69.5 Å². The van der Waals surface area contributed by atoms with Crippen molar-refractivity contribution in [2.24, 2.45) is 0 Å². The lowest BCUT2D eigenvalue weighted by Gasteiger charge is -2.40. The fourth-order valence-corrected chi connectivity index (χ4v) is 7.25. The summed E-state index contributed by atoms with van der Waals surface area (Å²) in [7, 11) is 0. The number of morpholine rings is 3. The molecule has 3 atom stereocenters. The lowest BCUT2D eigenvalue weighted by Crippen LogP contribution is -2.52. The van der Waals surface area contributed by atoms with Crippen LogP contribution in [0.5, 0.6) is 0 Å². The minimum atomic E-state index is -0.591. The summed E-state index contributed by atoms with van der Waals surface area (Å²) in [4.78, 5) is 35.9.